The van der Waals surface area contributed by atoms with E-state index in [2.05, 4.69) is 23.8 Å². The summed E-state index contributed by atoms with van der Waals surface area (Å²) in [5.41, 5.74) is 0. The van der Waals surface area contributed by atoms with Crippen LogP contribution in [0, 0.1) is 6.67 Å². The molecule has 0 unspecified atom stereocenters. The normalized spacial score (nSPS) is 21.0. The molecule has 0 bridgehead atoms. The van der Waals surface area contributed by atoms with E-state index < -0.39 is 0 Å². The van der Waals surface area contributed by atoms with Crippen LogP contribution in [0.15, 0.2) is 0 Å². The average molecular weight is 127 g/mol. The van der Waals surface area contributed by atoms with Crippen molar-refractivity contribution in [3.63, 3.8) is 0 Å². The lowest BCUT2D eigenvalue weighted by Crippen LogP contribution is -2.25. The van der Waals surface area contributed by atoms with E-state index in [0.29, 0.717) is 0 Å². The molecule has 0 atom stereocenters. The van der Waals surface area contributed by atoms with Crippen molar-refractivity contribution in [2.45, 2.75) is 19.8 Å². The third-order valence-corrected chi connectivity index (χ3v) is 1.62. The van der Waals surface area contributed by atoms with Crippen molar-refractivity contribution in [1.29, 1.82) is 0 Å². The second-order valence-corrected chi connectivity index (χ2v) is 2.43. The Morgan fingerprint density at radius 3 is 2.67 bits per heavy atom. The molecule has 1 aliphatic rings. The quantitative estimate of drug-likeness (QED) is 0.603. The molecule has 53 valence electrons. The summed E-state index contributed by atoms with van der Waals surface area (Å²) in [4.78, 5) is 2.34. The molecule has 1 fully saturated rings. The first-order valence-electron chi connectivity index (χ1n) is 3.74. The number of nitrogens with one attached hydrogen (secondary N) is 1. The molecule has 0 amide bonds. The van der Waals surface area contributed by atoms with Crippen LogP contribution in [-0.2, 0) is 0 Å². The molecule has 0 aliphatic carbocycles. The SMILES string of the molecule is CCN[CH]N1CCCC1. The summed E-state index contributed by atoms with van der Waals surface area (Å²) in [5.74, 6) is 0. The van der Waals surface area contributed by atoms with E-state index in [1.165, 1.54) is 25.9 Å². The van der Waals surface area contributed by atoms with Crippen LogP contribution in [0.5, 0.6) is 0 Å². The Bertz CT molecular complexity index is 67.3. The largest absolute Gasteiger partial charge is 0.300 e. The molecule has 0 aromatic carbocycles. The summed E-state index contributed by atoms with van der Waals surface area (Å²) < 4.78 is 0. The van der Waals surface area contributed by atoms with Gasteiger partial charge in [-0.2, -0.15) is 0 Å². The minimum Gasteiger partial charge on any atom is -0.300 e. The highest BCUT2D eigenvalue weighted by molar-refractivity contribution is 4.71. The molecule has 2 heteroatoms. The van der Waals surface area contributed by atoms with Crippen LogP contribution in [0.4, 0.5) is 0 Å². The standard InChI is InChI=1S/C7H15N2/c1-2-8-7-9-5-3-4-6-9/h7-8H,2-6H2,1H3. The lowest BCUT2D eigenvalue weighted by Gasteiger charge is -2.12. The lowest BCUT2D eigenvalue weighted by molar-refractivity contribution is 0.382. The van der Waals surface area contributed by atoms with Crippen LogP contribution in [0.1, 0.15) is 19.8 Å². The smallest absolute Gasteiger partial charge is 0.0893 e. The van der Waals surface area contributed by atoms with Crippen molar-refractivity contribution in [3.8, 4) is 0 Å². The summed E-state index contributed by atoms with van der Waals surface area (Å²) in [7, 11) is 0. The summed E-state index contributed by atoms with van der Waals surface area (Å²) in [6.45, 7) is 7.75. The summed E-state index contributed by atoms with van der Waals surface area (Å²) in [5, 5.41) is 3.19. The Morgan fingerprint density at radius 2 is 2.11 bits per heavy atom. The van der Waals surface area contributed by atoms with Gasteiger partial charge in [0.2, 0.25) is 0 Å². The Kier molecular flexibility index (Phi) is 3.01. The van der Waals surface area contributed by atoms with Gasteiger partial charge in [-0.05, 0) is 32.5 Å². The van der Waals surface area contributed by atoms with Crippen molar-refractivity contribution in [2.75, 3.05) is 19.6 Å². The Labute approximate surface area is 57.2 Å². The molecule has 9 heavy (non-hydrogen) atoms. The second kappa shape index (κ2) is 3.85. The first-order chi connectivity index (χ1) is 4.43. The zero-order valence-corrected chi connectivity index (χ0v) is 6.06. The Morgan fingerprint density at radius 1 is 1.44 bits per heavy atom. The molecule has 1 radical (unpaired) electrons. The molecule has 0 aromatic rings. The molecule has 1 rings (SSSR count). The Hall–Kier alpha value is -0.0800. The van der Waals surface area contributed by atoms with Crippen molar-refractivity contribution >= 4 is 0 Å². The zero-order chi connectivity index (χ0) is 6.53. The van der Waals surface area contributed by atoms with Gasteiger partial charge in [0.25, 0.3) is 0 Å². The minimum atomic E-state index is 1.04. The number of nitrogens with zero attached hydrogens (tertiary/aromatic N) is 1. The van der Waals surface area contributed by atoms with E-state index >= 15 is 0 Å². The third kappa shape index (κ3) is 2.33. The van der Waals surface area contributed by atoms with E-state index in [1.807, 2.05) is 0 Å². The molecule has 1 aliphatic heterocycles. The van der Waals surface area contributed by atoms with Crippen LogP contribution in [-0.4, -0.2) is 24.5 Å². The predicted molar refractivity (Wildman–Crippen MR) is 38.8 cm³/mol. The number of likely N-dealkylation sites (tertiary alicyclic amines) is 1. The van der Waals surface area contributed by atoms with Gasteiger partial charge in [-0.15, -0.1) is 0 Å². The van der Waals surface area contributed by atoms with Gasteiger partial charge < -0.3 is 0 Å². The van der Waals surface area contributed by atoms with Gasteiger partial charge in [-0.25, -0.2) is 0 Å². The highest BCUT2D eigenvalue weighted by atomic mass is 15.2. The fraction of sp³-hybridized carbons (Fsp3) is 0.857. The predicted octanol–water partition coefficient (Wildman–Crippen LogP) is 0.811. The zero-order valence-electron chi connectivity index (χ0n) is 6.06. The van der Waals surface area contributed by atoms with Gasteiger partial charge in [0.05, 0.1) is 6.67 Å². The number of hydrogen-bond acceptors (Lipinski definition) is 2. The van der Waals surface area contributed by atoms with E-state index in [0.717, 1.165) is 6.54 Å². The molecular formula is C7H15N2. The number of rotatable bonds is 3. The molecule has 0 saturated carbocycles. The van der Waals surface area contributed by atoms with Crippen molar-refractivity contribution in [3.05, 3.63) is 6.67 Å². The van der Waals surface area contributed by atoms with Crippen LogP contribution in [0.25, 0.3) is 0 Å². The van der Waals surface area contributed by atoms with Gasteiger partial charge >= 0.3 is 0 Å². The Balaban J connectivity index is 1.98. The fourth-order valence-corrected chi connectivity index (χ4v) is 1.09. The number of hydrogen-bond donors (Lipinski definition) is 1. The summed E-state index contributed by atoms with van der Waals surface area (Å²) in [6, 6.07) is 0. The monoisotopic (exact) mass is 127 g/mol. The van der Waals surface area contributed by atoms with Gasteiger partial charge in [0, 0.05) is 0 Å². The van der Waals surface area contributed by atoms with Gasteiger partial charge in [-0.1, -0.05) is 6.92 Å². The minimum absolute atomic E-state index is 1.04. The van der Waals surface area contributed by atoms with E-state index in [1.54, 1.807) is 0 Å². The van der Waals surface area contributed by atoms with E-state index in [4.69, 9.17) is 0 Å². The van der Waals surface area contributed by atoms with Gasteiger partial charge in [-0.3, -0.25) is 10.2 Å². The van der Waals surface area contributed by atoms with Crippen molar-refractivity contribution in [2.24, 2.45) is 0 Å². The molecule has 0 spiro atoms. The molecule has 1 N–H and O–H groups in total. The molecule has 1 heterocycles. The third-order valence-electron chi connectivity index (χ3n) is 1.62. The van der Waals surface area contributed by atoms with Crippen LogP contribution in [0.2, 0.25) is 0 Å². The molecule has 1 saturated heterocycles. The first-order valence-corrected chi connectivity index (χ1v) is 3.74. The average Bonchev–Trinajstić information content (AvgIpc) is 2.34. The van der Waals surface area contributed by atoms with Gasteiger partial charge in [0.15, 0.2) is 0 Å². The van der Waals surface area contributed by atoms with Crippen LogP contribution in [0.3, 0.4) is 0 Å². The lowest BCUT2D eigenvalue weighted by atomic mass is 10.4. The highest BCUT2D eigenvalue weighted by Gasteiger charge is 2.09. The molecule has 2 nitrogen and oxygen atoms in total. The van der Waals surface area contributed by atoms with Crippen LogP contribution >= 0.6 is 0 Å². The molecule has 0 aromatic heterocycles. The van der Waals surface area contributed by atoms with Crippen molar-refractivity contribution < 1.29 is 0 Å². The topological polar surface area (TPSA) is 15.3 Å². The van der Waals surface area contributed by atoms with Crippen LogP contribution < -0.4 is 5.32 Å². The first kappa shape index (κ1) is 7.03. The maximum absolute atomic E-state index is 3.19. The van der Waals surface area contributed by atoms with E-state index in [9.17, 15) is 0 Å². The summed E-state index contributed by atoms with van der Waals surface area (Å²) >= 11 is 0. The van der Waals surface area contributed by atoms with E-state index in [-0.39, 0.29) is 0 Å². The van der Waals surface area contributed by atoms with Gasteiger partial charge in [0.1, 0.15) is 0 Å². The maximum Gasteiger partial charge on any atom is 0.0893 e. The fourth-order valence-electron chi connectivity index (χ4n) is 1.09. The molecular weight excluding hydrogens is 112 g/mol. The maximum atomic E-state index is 3.19. The highest BCUT2D eigenvalue weighted by Crippen LogP contribution is 2.06. The van der Waals surface area contributed by atoms with Crippen molar-refractivity contribution in [1.82, 2.24) is 10.2 Å². The second-order valence-electron chi connectivity index (χ2n) is 2.43. The summed E-state index contributed by atoms with van der Waals surface area (Å²) in [6.07, 6.45) is 2.73.